The number of anilines is 1. The number of hydrogen-bond acceptors (Lipinski definition) is 6. The largest absolute Gasteiger partial charge is 0.383 e. The Bertz CT molecular complexity index is 445. The van der Waals surface area contributed by atoms with E-state index < -0.39 is 0 Å². The minimum atomic E-state index is -0.338. The molecule has 1 aliphatic heterocycles. The smallest absolute Gasteiger partial charge is 0.258 e. The van der Waals surface area contributed by atoms with Crippen LogP contribution in [0.1, 0.15) is 16.8 Å². The number of nitrogen functional groups attached to an aromatic ring is 1. The lowest BCUT2D eigenvalue weighted by Gasteiger charge is -2.26. The lowest BCUT2D eigenvalue weighted by molar-refractivity contribution is 0.0374. The Balaban J connectivity index is 1.75. The van der Waals surface area contributed by atoms with E-state index in [1.165, 1.54) is 6.33 Å². The molecule has 1 amide bonds. The number of halogens is 1. The summed E-state index contributed by atoms with van der Waals surface area (Å²) in [7, 11) is 0. The molecule has 0 aromatic carbocycles. The van der Waals surface area contributed by atoms with Gasteiger partial charge in [0.15, 0.2) is 0 Å². The lowest BCUT2D eigenvalue weighted by atomic mass is 10.2. The third-order valence-electron chi connectivity index (χ3n) is 3.10. The Morgan fingerprint density at radius 2 is 2.20 bits per heavy atom. The monoisotopic (exact) mass is 299 g/mol. The molecule has 0 bridgehead atoms. The number of hydrogen-bond donors (Lipinski definition) is 2. The van der Waals surface area contributed by atoms with Crippen molar-refractivity contribution >= 4 is 23.3 Å². The number of carbonyl (C=O) groups is 1. The van der Waals surface area contributed by atoms with Crippen molar-refractivity contribution in [3.63, 3.8) is 0 Å². The highest BCUT2D eigenvalue weighted by molar-refractivity contribution is 6.33. The van der Waals surface area contributed by atoms with Crippen LogP contribution in [0.2, 0.25) is 5.15 Å². The van der Waals surface area contributed by atoms with Crippen LogP contribution in [0.25, 0.3) is 0 Å². The normalized spacial score (nSPS) is 16.1. The van der Waals surface area contributed by atoms with Crippen LogP contribution in [0.15, 0.2) is 6.33 Å². The van der Waals surface area contributed by atoms with Gasteiger partial charge in [0.1, 0.15) is 22.9 Å². The molecule has 1 aromatic heterocycles. The van der Waals surface area contributed by atoms with Crippen LogP contribution in [-0.4, -0.2) is 60.2 Å². The first-order valence-electron chi connectivity index (χ1n) is 6.52. The molecule has 0 unspecified atom stereocenters. The predicted octanol–water partition coefficient (Wildman–Crippen LogP) is 0.164. The van der Waals surface area contributed by atoms with Gasteiger partial charge in [-0.3, -0.25) is 9.69 Å². The first-order valence-corrected chi connectivity index (χ1v) is 6.90. The molecule has 0 radical (unpaired) electrons. The number of amides is 1. The summed E-state index contributed by atoms with van der Waals surface area (Å²) >= 11 is 5.84. The highest BCUT2D eigenvalue weighted by Gasteiger charge is 2.16. The van der Waals surface area contributed by atoms with Gasteiger partial charge < -0.3 is 15.8 Å². The van der Waals surface area contributed by atoms with E-state index in [4.69, 9.17) is 22.1 Å². The van der Waals surface area contributed by atoms with Crippen molar-refractivity contribution in [1.29, 1.82) is 0 Å². The number of ether oxygens (including phenoxy) is 1. The van der Waals surface area contributed by atoms with Crippen LogP contribution in [0.3, 0.4) is 0 Å². The van der Waals surface area contributed by atoms with Crippen LogP contribution in [-0.2, 0) is 4.74 Å². The van der Waals surface area contributed by atoms with Crippen molar-refractivity contribution in [3.05, 3.63) is 17.0 Å². The summed E-state index contributed by atoms with van der Waals surface area (Å²) in [6, 6.07) is 0. The zero-order valence-electron chi connectivity index (χ0n) is 11.1. The van der Waals surface area contributed by atoms with Crippen LogP contribution >= 0.6 is 11.6 Å². The van der Waals surface area contributed by atoms with Gasteiger partial charge in [-0.2, -0.15) is 0 Å². The van der Waals surface area contributed by atoms with E-state index in [0.717, 1.165) is 39.3 Å². The molecule has 1 saturated heterocycles. The van der Waals surface area contributed by atoms with Crippen molar-refractivity contribution in [2.75, 3.05) is 45.1 Å². The molecular weight excluding hydrogens is 282 g/mol. The summed E-state index contributed by atoms with van der Waals surface area (Å²) < 4.78 is 5.27. The summed E-state index contributed by atoms with van der Waals surface area (Å²) in [6.45, 7) is 4.93. The maximum absolute atomic E-state index is 11.9. The fourth-order valence-electron chi connectivity index (χ4n) is 2.00. The zero-order valence-corrected chi connectivity index (χ0v) is 11.9. The molecule has 1 fully saturated rings. The van der Waals surface area contributed by atoms with E-state index in [9.17, 15) is 4.79 Å². The van der Waals surface area contributed by atoms with Gasteiger partial charge in [0, 0.05) is 19.6 Å². The van der Waals surface area contributed by atoms with Gasteiger partial charge in [0.05, 0.1) is 13.2 Å². The molecule has 0 saturated carbocycles. The average molecular weight is 300 g/mol. The van der Waals surface area contributed by atoms with Gasteiger partial charge in [-0.25, -0.2) is 9.97 Å². The molecule has 0 spiro atoms. The minimum Gasteiger partial charge on any atom is -0.383 e. The number of nitrogens with two attached hydrogens (primary N) is 1. The SMILES string of the molecule is Nc1ncnc(Cl)c1C(=O)NCCCN1CCOCC1. The molecule has 20 heavy (non-hydrogen) atoms. The van der Waals surface area contributed by atoms with E-state index in [1.54, 1.807) is 0 Å². The quantitative estimate of drug-likeness (QED) is 0.594. The molecular formula is C12H18ClN5O2. The summed E-state index contributed by atoms with van der Waals surface area (Å²) in [5, 5.41) is 2.85. The summed E-state index contributed by atoms with van der Waals surface area (Å²) in [5.41, 5.74) is 5.76. The third kappa shape index (κ3) is 4.03. The molecule has 1 aromatic rings. The van der Waals surface area contributed by atoms with Gasteiger partial charge in [-0.05, 0) is 13.0 Å². The van der Waals surface area contributed by atoms with Crippen molar-refractivity contribution in [1.82, 2.24) is 20.2 Å². The second-order valence-electron chi connectivity index (χ2n) is 4.49. The van der Waals surface area contributed by atoms with Crippen LogP contribution in [0.4, 0.5) is 5.82 Å². The fraction of sp³-hybridized carbons (Fsp3) is 0.583. The van der Waals surface area contributed by atoms with Crippen molar-refractivity contribution in [3.8, 4) is 0 Å². The Kier molecular flexibility index (Phi) is 5.51. The molecule has 8 heteroatoms. The van der Waals surface area contributed by atoms with E-state index in [1.807, 2.05) is 0 Å². The molecule has 2 rings (SSSR count). The van der Waals surface area contributed by atoms with Crippen molar-refractivity contribution in [2.45, 2.75) is 6.42 Å². The topological polar surface area (TPSA) is 93.4 Å². The summed E-state index contributed by atoms with van der Waals surface area (Å²) in [6.07, 6.45) is 2.09. The predicted molar refractivity (Wildman–Crippen MR) is 75.7 cm³/mol. The van der Waals surface area contributed by atoms with Crippen molar-refractivity contribution in [2.24, 2.45) is 0 Å². The maximum Gasteiger partial charge on any atom is 0.258 e. The number of morpholine rings is 1. The maximum atomic E-state index is 11.9. The number of aromatic nitrogens is 2. The standard InChI is InChI=1S/C12H18ClN5O2/c13-10-9(11(14)17-8-16-10)12(19)15-2-1-3-18-4-6-20-7-5-18/h8H,1-7H2,(H,15,19)(H2,14,16,17). The highest BCUT2D eigenvalue weighted by atomic mass is 35.5. The Morgan fingerprint density at radius 1 is 1.45 bits per heavy atom. The van der Waals surface area contributed by atoms with E-state index in [2.05, 4.69) is 20.2 Å². The number of carbonyl (C=O) groups excluding carboxylic acids is 1. The van der Waals surface area contributed by atoms with Gasteiger partial charge >= 0.3 is 0 Å². The van der Waals surface area contributed by atoms with Gasteiger partial charge in [0.2, 0.25) is 0 Å². The number of nitrogens with one attached hydrogen (secondary N) is 1. The van der Waals surface area contributed by atoms with Crippen LogP contribution in [0, 0.1) is 0 Å². The average Bonchev–Trinajstić information content (AvgIpc) is 2.44. The molecule has 7 nitrogen and oxygen atoms in total. The third-order valence-corrected chi connectivity index (χ3v) is 3.38. The second kappa shape index (κ2) is 7.37. The lowest BCUT2D eigenvalue weighted by Crippen LogP contribution is -2.38. The summed E-state index contributed by atoms with van der Waals surface area (Å²) in [5.74, 6) is -0.245. The molecule has 0 atom stereocenters. The van der Waals surface area contributed by atoms with Gasteiger partial charge in [-0.15, -0.1) is 0 Å². The Labute approximate surface area is 122 Å². The fourth-order valence-corrected chi connectivity index (χ4v) is 2.23. The first kappa shape index (κ1) is 15.0. The van der Waals surface area contributed by atoms with Crippen LogP contribution in [0.5, 0.6) is 0 Å². The molecule has 3 N–H and O–H groups in total. The van der Waals surface area contributed by atoms with E-state index >= 15 is 0 Å². The molecule has 0 aliphatic carbocycles. The highest BCUT2D eigenvalue weighted by Crippen LogP contribution is 2.16. The molecule has 110 valence electrons. The van der Waals surface area contributed by atoms with Gasteiger partial charge in [0.25, 0.3) is 5.91 Å². The minimum absolute atomic E-state index is 0.0724. The number of nitrogens with zero attached hydrogens (tertiary/aromatic N) is 3. The van der Waals surface area contributed by atoms with E-state index in [0.29, 0.717) is 6.54 Å². The van der Waals surface area contributed by atoms with E-state index in [-0.39, 0.29) is 22.4 Å². The second-order valence-corrected chi connectivity index (χ2v) is 4.85. The zero-order chi connectivity index (χ0) is 14.4. The first-order chi connectivity index (χ1) is 9.68. The molecule has 2 heterocycles. The van der Waals surface area contributed by atoms with Gasteiger partial charge in [-0.1, -0.05) is 11.6 Å². The van der Waals surface area contributed by atoms with Crippen molar-refractivity contribution < 1.29 is 9.53 Å². The molecule has 1 aliphatic rings. The Hall–Kier alpha value is -1.44. The Morgan fingerprint density at radius 3 is 2.90 bits per heavy atom. The number of rotatable bonds is 5. The summed E-state index contributed by atoms with van der Waals surface area (Å²) in [4.78, 5) is 21.8. The van der Waals surface area contributed by atoms with Crippen LogP contribution < -0.4 is 11.1 Å².